The molecule has 0 fully saturated rings. The molecule has 2 amide bonds. The quantitative estimate of drug-likeness (QED) is 0.309. The number of ether oxygens (including phenoxy) is 4. The Morgan fingerprint density at radius 2 is 1.48 bits per heavy atom. The van der Waals surface area contributed by atoms with E-state index >= 15 is 0 Å². The van der Waals surface area contributed by atoms with Gasteiger partial charge in [-0.05, 0) is 55.7 Å². The molecule has 0 spiro atoms. The number of nitrogens with one attached hydrogen (secondary N) is 1. The molecule has 1 aliphatic rings. The van der Waals surface area contributed by atoms with Gasteiger partial charge in [-0.1, -0.05) is 38.1 Å². The summed E-state index contributed by atoms with van der Waals surface area (Å²) in [5, 5.41) is 2.43. The lowest BCUT2D eigenvalue weighted by atomic mass is 9.96. The van der Waals surface area contributed by atoms with Gasteiger partial charge in [0.2, 0.25) is 5.91 Å². The first-order chi connectivity index (χ1) is 20.7. The molecular formula is C32H42N2O10. The molecule has 1 N–H and O–H groups in total. The van der Waals surface area contributed by atoms with Crippen molar-refractivity contribution in [3.05, 3.63) is 59.2 Å². The van der Waals surface area contributed by atoms with Gasteiger partial charge in [0.15, 0.2) is 6.04 Å². The highest BCUT2D eigenvalue weighted by Gasteiger charge is 2.39. The van der Waals surface area contributed by atoms with Crippen molar-refractivity contribution in [2.75, 3.05) is 20.3 Å². The number of rotatable bonds is 10. The summed E-state index contributed by atoms with van der Waals surface area (Å²) >= 11 is 0. The van der Waals surface area contributed by atoms with Gasteiger partial charge in [-0.3, -0.25) is 19.2 Å². The molecule has 44 heavy (non-hydrogen) atoms. The van der Waals surface area contributed by atoms with Gasteiger partial charge in [0.05, 0.1) is 12.7 Å². The maximum Gasteiger partial charge on any atom is 0.338 e. The SMILES string of the molecule is CC.COC(=O)[C@H](COC(C)=O)NC(=O)[C@H](COC(C)=O)N1Cc2c(cccc2-c2ccc(C(=O)OC(C)(C)C)cc2)C1=O.[HH]. The van der Waals surface area contributed by atoms with Crippen LogP contribution in [0.25, 0.3) is 11.1 Å². The molecule has 240 valence electrons. The Morgan fingerprint density at radius 3 is 2.02 bits per heavy atom. The van der Waals surface area contributed by atoms with Crippen LogP contribution < -0.4 is 5.32 Å². The summed E-state index contributed by atoms with van der Waals surface area (Å²) in [7, 11) is 1.10. The second kappa shape index (κ2) is 15.6. The van der Waals surface area contributed by atoms with Gasteiger partial charge in [-0.2, -0.15) is 0 Å². The fourth-order valence-electron chi connectivity index (χ4n) is 4.28. The van der Waals surface area contributed by atoms with Crippen LogP contribution in [0.1, 0.15) is 76.2 Å². The lowest BCUT2D eigenvalue weighted by Gasteiger charge is -2.28. The molecule has 0 saturated carbocycles. The highest BCUT2D eigenvalue weighted by molar-refractivity contribution is 6.03. The third kappa shape index (κ3) is 9.38. The molecule has 0 unspecified atom stereocenters. The number of carbonyl (C=O) groups excluding carboxylic acids is 6. The largest absolute Gasteiger partial charge is 0.467 e. The monoisotopic (exact) mass is 614 g/mol. The number of carbonyl (C=O) groups is 6. The fourth-order valence-corrected chi connectivity index (χ4v) is 4.28. The molecule has 2 aromatic rings. The summed E-state index contributed by atoms with van der Waals surface area (Å²) in [6.07, 6.45) is 0. The normalized spacial score (nSPS) is 13.4. The Kier molecular flexibility index (Phi) is 12.6. The summed E-state index contributed by atoms with van der Waals surface area (Å²) in [5.74, 6) is -3.99. The topological polar surface area (TPSA) is 155 Å². The Balaban J connectivity index is 0.00000331. The molecule has 2 atom stereocenters. The van der Waals surface area contributed by atoms with E-state index in [0.717, 1.165) is 26.5 Å². The van der Waals surface area contributed by atoms with E-state index in [4.69, 9.17) is 18.9 Å². The fraction of sp³-hybridized carbons (Fsp3) is 0.438. The van der Waals surface area contributed by atoms with E-state index in [1.807, 2.05) is 19.9 Å². The van der Waals surface area contributed by atoms with Crippen molar-refractivity contribution in [2.24, 2.45) is 0 Å². The van der Waals surface area contributed by atoms with Crippen LogP contribution in [-0.2, 0) is 44.7 Å². The molecule has 1 aliphatic heterocycles. The van der Waals surface area contributed by atoms with Crippen molar-refractivity contribution < 1.29 is 49.1 Å². The number of amides is 2. The minimum atomic E-state index is -1.36. The Hall–Kier alpha value is -4.74. The van der Waals surface area contributed by atoms with E-state index in [-0.39, 0.29) is 7.97 Å². The van der Waals surface area contributed by atoms with Gasteiger partial charge in [-0.15, -0.1) is 0 Å². The van der Waals surface area contributed by atoms with Crippen molar-refractivity contribution in [1.82, 2.24) is 10.2 Å². The molecule has 0 aromatic heterocycles. The first-order valence-electron chi connectivity index (χ1n) is 14.1. The van der Waals surface area contributed by atoms with E-state index in [1.54, 1.807) is 57.2 Å². The first kappa shape index (κ1) is 35.5. The molecule has 2 aromatic carbocycles. The second-order valence-corrected chi connectivity index (χ2v) is 10.5. The van der Waals surface area contributed by atoms with Gasteiger partial charge in [-0.25, -0.2) is 9.59 Å². The van der Waals surface area contributed by atoms with E-state index in [1.165, 1.54) is 4.90 Å². The molecule has 12 nitrogen and oxygen atoms in total. The van der Waals surface area contributed by atoms with E-state index in [2.05, 4.69) is 5.32 Å². The average Bonchev–Trinajstić information content (AvgIpc) is 3.30. The zero-order valence-corrected chi connectivity index (χ0v) is 26.3. The maximum absolute atomic E-state index is 13.5. The lowest BCUT2D eigenvalue weighted by Crippen LogP contribution is -2.55. The summed E-state index contributed by atoms with van der Waals surface area (Å²) in [6, 6.07) is 9.19. The van der Waals surface area contributed by atoms with Crippen molar-refractivity contribution in [3.63, 3.8) is 0 Å². The number of hydrogen-bond acceptors (Lipinski definition) is 10. The van der Waals surface area contributed by atoms with Gasteiger partial charge in [0.1, 0.15) is 24.9 Å². The van der Waals surface area contributed by atoms with Crippen molar-refractivity contribution >= 4 is 35.7 Å². The lowest BCUT2D eigenvalue weighted by molar-refractivity contribution is -0.153. The standard InChI is InChI=1S/C30H34N2O10.C2H6.H2/c1-17(33)40-15-24(29(38)39-6)31-26(35)25(16-41-18(2)34)32-14-23-21(8-7-9-22(23)27(32)36)19-10-12-20(13-11-19)28(37)42-30(3,4)5;1-2;/h7-13,24-25H,14-16H2,1-6H3,(H,31,35);1-2H3;1H/t24-,25-;;/m0../s1. The third-order valence-corrected chi connectivity index (χ3v) is 6.21. The smallest absolute Gasteiger partial charge is 0.338 e. The van der Waals surface area contributed by atoms with E-state index < -0.39 is 66.6 Å². The minimum absolute atomic E-state index is 0. The molecular weight excluding hydrogens is 572 g/mol. The molecule has 0 radical (unpaired) electrons. The number of esters is 4. The van der Waals surface area contributed by atoms with Crippen LogP contribution in [0.4, 0.5) is 0 Å². The predicted molar refractivity (Wildman–Crippen MR) is 161 cm³/mol. The highest BCUT2D eigenvalue weighted by Crippen LogP contribution is 2.34. The number of hydrogen-bond donors (Lipinski definition) is 1. The summed E-state index contributed by atoms with van der Waals surface area (Å²) in [6.45, 7) is 10.6. The zero-order valence-electron chi connectivity index (χ0n) is 26.3. The van der Waals surface area contributed by atoms with E-state index in [9.17, 15) is 28.8 Å². The number of nitrogens with zero attached hydrogens (tertiary/aromatic N) is 1. The van der Waals surface area contributed by atoms with Crippen LogP contribution in [0.15, 0.2) is 42.5 Å². The Bertz CT molecular complexity index is 1390. The van der Waals surface area contributed by atoms with Crippen LogP contribution >= 0.6 is 0 Å². The van der Waals surface area contributed by atoms with Gasteiger partial charge in [0, 0.05) is 27.4 Å². The number of methoxy groups -OCH3 is 1. The molecule has 0 aliphatic carbocycles. The number of fused-ring (bicyclic) bond motifs is 1. The maximum atomic E-state index is 13.5. The van der Waals surface area contributed by atoms with Gasteiger partial charge in [0.25, 0.3) is 5.91 Å². The van der Waals surface area contributed by atoms with Crippen LogP contribution in [0.3, 0.4) is 0 Å². The second-order valence-electron chi connectivity index (χ2n) is 10.5. The molecule has 3 rings (SSSR count). The molecule has 1 heterocycles. The van der Waals surface area contributed by atoms with Crippen molar-refractivity contribution in [2.45, 2.75) is 72.7 Å². The Morgan fingerprint density at radius 1 is 0.909 bits per heavy atom. The Labute approximate surface area is 258 Å². The summed E-state index contributed by atoms with van der Waals surface area (Å²) in [4.78, 5) is 75.7. The zero-order chi connectivity index (χ0) is 33.2. The van der Waals surface area contributed by atoms with Crippen LogP contribution in [0.5, 0.6) is 0 Å². The minimum Gasteiger partial charge on any atom is -0.467 e. The first-order valence-corrected chi connectivity index (χ1v) is 14.1. The van der Waals surface area contributed by atoms with Gasteiger partial charge >= 0.3 is 23.9 Å². The predicted octanol–water partition coefficient (Wildman–Crippen LogP) is 3.69. The van der Waals surface area contributed by atoms with Crippen molar-refractivity contribution in [1.29, 1.82) is 0 Å². The van der Waals surface area contributed by atoms with Crippen LogP contribution in [0, 0.1) is 0 Å². The van der Waals surface area contributed by atoms with Crippen molar-refractivity contribution in [3.8, 4) is 11.1 Å². The average molecular weight is 615 g/mol. The van der Waals surface area contributed by atoms with E-state index in [0.29, 0.717) is 22.3 Å². The molecule has 12 heteroatoms. The molecule has 0 bridgehead atoms. The summed E-state index contributed by atoms with van der Waals surface area (Å²) in [5.41, 5.74) is 2.11. The summed E-state index contributed by atoms with van der Waals surface area (Å²) < 4.78 is 20.1. The number of benzene rings is 2. The van der Waals surface area contributed by atoms with Crippen LogP contribution in [0.2, 0.25) is 0 Å². The van der Waals surface area contributed by atoms with Gasteiger partial charge < -0.3 is 29.2 Å². The molecule has 0 saturated heterocycles. The van der Waals surface area contributed by atoms with Crippen LogP contribution in [-0.4, -0.2) is 78.6 Å². The third-order valence-electron chi connectivity index (χ3n) is 6.21. The highest BCUT2D eigenvalue weighted by atomic mass is 16.6.